The van der Waals surface area contributed by atoms with E-state index in [1.165, 1.54) is 0 Å². The normalized spacial score (nSPS) is 13.4. The maximum atomic E-state index is 5.84. The Morgan fingerprint density at radius 1 is 0.333 bits per heavy atom. The number of fused-ring (bicyclic) bond motifs is 8. The molecule has 0 radical (unpaired) electrons. The summed E-state index contributed by atoms with van der Waals surface area (Å²) in [6.45, 7) is 26.3. The summed E-state index contributed by atoms with van der Waals surface area (Å²) in [5, 5.41) is 0. The second-order valence-corrected chi connectivity index (χ2v) is 22.5. The standard InChI is InChI=1S/C60H66N8O4/c1-57(2,3)45-41(33-21-17-25-37(29-33)69-13)49-61-53(45)65-50-42(34-22-18-26-38(30-34)70-14)46(58(4,5)6)55(62-50)67-52-44(36-24-20-28-40(32-36)72-16)48(60(10,11)12)56(64-52)68-51-43(35-23-19-27-39(31-35)71-15)47(59(7,8)9)54(63-51)66-49/h17-32H,1-16H3,(H2,61,62,63,64,65,66,67,68). The van der Waals surface area contributed by atoms with Gasteiger partial charge in [0.2, 0.25) is 0 Å². The minimum atomic E-state index is -0.483. The molecule has 0 saturated heterocycles. The molecule has 0 saturated carbocycles. The SMILES string of the molecule is COc1cccc(C2=C(C(C)(C)C)c3nc2nc2[nH]c(nc4nc(nc5[nH]c(n3)c(-c3cccc(OC)c3)c5C(C)(C)C)C(c3cccc(OC)c3)=C4C(C)(C)C)c(-c3cccc(OC)c3)c2C(C)(C)C)c1. The van der Waals surface area contributed by atoms with Crippen LogP contribution < -0.4 is 18.9 Å². The molecule has 8 bridgehead atoms. The molecule has 9 rings (SSSR count). The summed E-state index contributed by atoms with van der Waals surface area (Å²) in [5.41, 5.74) is 11.2. The topological polar surface area (TPSA) is 146 Å². The van der Waals surface area contributed by atoms with Gasteiger partial charge in [-0.05, 0) is 92.4 Å². The third kappa shape index (κ3) is 9.14. The van der Waals surface area contributed by atoms with Crippen LogP contribution in [-0.4, -0.2) is 68.3 Å². The van der Waals surface area contributed by atoms with Gasteiger partial charge in [-0.1, -0.05) is 132 Å². The Morgan fingerprint density at radius 2 is 0.625 bits per heavy atom. The molecule has 12 nitrogen and oxygen atoms in total. The number of ether oxygens (including phenoxy) is 4. The fourth-order valence-corrected chi connectivity index (χ4v) is 10.0. The zero-order valence-corrected chi connectivity index (χ0v) is 44.6. The number of H-pyrrole nitrogens is 2. The lowest BCUT2D eigenvalue weighted by molar-refractivity contribution is 0.414. The summed E-state index contributed by atoms with van der Waals surface area (Å²) in [6.07, 6.45) is 0. The number of nitrogens with zero attached hydrogens (tertiary/aromatic N) is 6. The minimum absolute atomic E-state index is 0.471. The van der Waals surface area contributed by atoms with Crippen LogP contribution >= 0.6 is 0 Å². The Bertz CT molecular complexity index is 3280. The first-order valence-corrected chi connectivity index (χ1v) is 24.4. The van der Waals surface area contributed by atoms with Crippen molar-refractivity contribution in [3.05, 3.63) is 143 Å². The number of nitrogens with one attached hydrogen (secondary N) is 2. The summed E-state index contributed by atoms with van der Waals surface area (Å²) in [4.78, 5) is 41.2. The summed E-state index contributed by atoms with van der Waals surface area (Å²) >= 11 is 0. The predicted molar refractivity (Wildman–Crippen MR) is 290 cm³/mol. The lowest BCUT2D eigenvalue weighted by Crippen LogP contribution is -2.13. The molecule has 370 valence electrons. The number of aromatic amines is 2. The van der Waals surface area contributed by atoms with Gasteiger partial charge >= 0.3 is 0 Å². The first kappa shape index (κ1) is 49.4. The van der Waals surface area contributed by atoms with Crippen molar-refractivity contribution in [3.8, 4) is 45.3 Å². The molecule has 2 aliphatic heterocycles. The summed E-state index contributed by atoms with van der Waals surface area (Å²) < 4.78 is 23.4. The lowest BCUT2D eigenvalue weighted by Gasteiger charge is -2.22. The molecule has 7 aromatic rings. The average Bonchev–Trinajstić information content (AvgIpc) is 4.09. The zero-order valence-electron chi connectivity index (χ0n) is 44.6. The molecule has 0 aliphatic carbocycles. The van der Waals surface area contributed by atoms with E-state index in [2.05, 4.69) is 117 Å². The van der Waals surface area contributed by atoms with E-state index in [-0.39, 0.29) is 0 Å². The van der Waals surface area contributed by atoms with E-state index < -0.39 is 21.7 Å². The number of hydrogen-bond donors (Lipinski definition) is 2. The smallest absolute Gasteiger partial charge is 0.165 e. The van der Waals surface area contributed by atoms with Crippen molar-refractivity contribution in [1.82, 2.24) is 39.9 Å². The van der Waals surface area contributed by atoms with Crippen molar-refractivity contribution < 1.29 is 18.9 Å². The molecule has 2 N–H and O–H groups in total. The Labute approximate surface area is 423 Å². The van der Waals surface area contributed by atoms with E-state index >= 15 is 0 Å². The zero-order chi connectivity index (χ0) is 51.7. The van der Waals surface area contributed by atoms with Crippen LogP contribution in [0.5, 0.6) is 23.0 Å². The van der Waals surface area contributed by atoms with Crippen LogP contribution in [-0.2, 0) is 10.8 Å². The molecular weight excluding hydrogens is 897 g/mol. The number of benzene rings is 4. The second kappa shape index (κ2) is 18.2. The Hall–Kier alpha value is -7.60. The highest BCUT2D eigenvalue weighted by molar-refractivity contribution is 6.02. The van der Waals surface area contributed by atoms with Gasteiger partial charge < -0.3 is 28.9 Å². The average molecular weight is 963 g/mol. The van der Waals surface area contributed by atoms with Crippen LogP contribution in [0.15, 0.2) is 97.1 Å². The van der Waals surface area contributed by atoms with E-state index in [0.717, 1.165) is 66.8 Å². The number of aromatic nitrogens is 8. The van der Waals surface area contributed by atoms with Crippen LogP contribution in [0.2, 0.25) is 0 Å². The summed E-state index contributed by atoms with van der Waals surface area (Å²) in [6, 6.07) is 32.3. The highest BCUT2D eigenvalue weighted by Gasteiger charge is 2.37. The van der Waals surface area contributed by atoms with Gasteiger partial charge in [0.05, 0.1) is 28.4 Å². The molecular formula is C60H66N8O4. The molecule has 0 amide bonds. The third-order valence-corrected chi connectivity index (χ3v) is 13.0. The van der Waals surface area contributed by atoms with Gasteiger partial charge in [0.25, 0.3) is 0 Å². The van der Waals surface area contributed by atoms with E-state index in [1.807, 2.05) is 72.8 Å². The highest BCUT2D eigenvalue weighted by Crippen LogP contribution is 2.49. The van der Waals surface area contributed by atoms with Crippen molar-refractivity contribution in [2.75, 3.05) is 28.4 Å². The van der Waals surface area contributed by atoms with Crippen LogP contribution in [0.1, 0.15) is 129 Å². The van der Waals surface area contributed by atoms with Gasteiger partial charge in [-0.2, -0.15) is 0 Å². The molecule has 0 fully saturated rings. The quantitative estimate of drug-likeness (QED) is 0.151. The van der Waals surface area contributed by atoms with E-state index in [4.69, 9.17) is 48.9 Å². The van der Waals surface area contributed by atoms with E-state index in [1.54, 1.807) is 28.4 Å². The first-order valence-electron chi connectivity index (χ1n) is 24.4. The Balaban J connectivity index is 1.60. The summed E-state index contributed by atoms with van der Waals surface area (Å²) in [7, 11) is 6.73. The molecule has 3 aromatic heterocycles. The molecule has 0 spiro atoms. The van der Waals surface area contributed by atoms with Crippen molar-refractivity contribution in [2.24, 2.45) is 10.8 Å². The van der Waals surface area contributed by atoms with E-state index in [0.29, 0.717) is 68.9 Å². The largest absolute Gasteiger partial charge is 0.497 e. The van der Waals surface area contributed by atoms with Crippen molar-refractivity contribution in [3.63, 3.8) is 0 Å². The predicted octanol–water partition coefficient (Wildman–Crippen LogP) is 13.9. The number of hydrogen-bond acceptors (Lipinski definition) is 10. The van der Waals surface area contributed by atoms with Crippen LogP contribution in [0, 0.1) is 10.8 Å². The number of rotatable bonds is 8. The van der Waals surface area contributed by atoms with Gasteiger partial charge in [-0.15, -0.1) is 0 Å². The van der Waals surface area contributed by atoms with Crippen LogP contribution in [0.3, 0.4) is 0 Å². The lowest BCUT2D eigenvalue weighted by atomic mass is 9.81. The number of methoxy groups -OCH3 is 4. The highest BCUT2D eigenvalue weighted by atomic mass is 16.5. The van der Waals surface area contributed by atoms with E-state index in [9.17, 15) is 0 Å². The maximum Gasteiger partial charge on any atom is 0.165 e. The molecule has 5 heterocycles. The van der Waals surface area contributed by atoms with Crippen molar-refractivity contribution in [2.45, 2.75) is 93.9 Å². The van der Waals surface area contributed by atoms with Crippen LogP contribution in [0.25, 0.3) is 67.1 Å². The Kier molecular flexibility index (Phi) is 12.5. The van der Waals surface area contributed by atoms with Gasteiger partial charge in [-0.3, -0.25) is 0 Å². The first-order chi connectivity index (χ1) is 34.0. The third-order valence-electron chi connectivity index (χ3n) is 13.0. The van der Waals surface area contributed by atoms with Gasteiger partial charge in [0.1, 0.15) is 45.6 Å². The molecule has 72 heavy (non-hydrogen) atoms. The molecule has 0 unspecified atom stereocenters. The van der Waals surface area contributed by atoms with Gasteiger partial charge in [0, 0.05) is 44.5 Å². The maximum absolute atomic E-state index is 5.84. The second-order valence-electron chi connectivity index (χ2n) is 22.5. The molecule has 2 aliphatic rings. The molecule has 0 atom stereocenters. The minimum Gasteiger partial charge on any atom is -0.497 e. The van der Waals surface area contributed by atoms with Gasteiger partial charge in [-0.25, -0.2) is 29.9 Å². The fourth-order valence-electron chi connectivity index (χ4n) is 10.0. The monoisotopic (exact) mass is 963 g/mol. The van der Waals surface area contributed by atoms with Gasteiger partial charge in [0.15, 0.2) is 23.3 Å². The fraction of sp³-hybridized carbons (Fsp3) is 0.333. The number of allylic oxidation sites excluding steroid dienone is 2. The van der Waals surface area contributed by atoms with Crippen molar-refractivity contribution in [1.29, 1.82) is 0 Å². The molecule has 4 aromatic carbocycles. The Morgan fingerprint density at radius 3 is 0.917 bits per heavy atom. The van der Waals surface area contributed by atoms with Crippen LogP contribution in [0.4, 0.5) is 0 Å². The molecule has 12 heteroatoms. The van der Waals surface area contributed by atoms with Crippen molar-refractivity contribution >= 4 is 44.9 Å². The summed E-state index contributed by atoms with van der Waals surface area (Å²) in [5.74, 6) is 4.88.